The van der Waals surface area contributed by atoms with Gasteiger partial charge in [-0.25, -0.2) is 18.3 Å². The average molecular weight is 569 g/mol. The molecule has 0 saturated heterocycles. The Morgan fingerprint density at radius 3 is 2.52 bits per heavy atom. The maximum absolute atomic E-state index is 15.4. The molecule has 3 aromatic carbocycles. The number of carbonyl (C=O) groups is 1. The Kier molecular flexibility index (Phi) is 7.90. The Morgan fingerprint density at radius 2 is 1.82 bits per heavy atom. The molecule has 0 aliphatic carbocycles. The van der Waals surface area contributed by atoms with Gasteiger partial charge in [0.25, 0.3) is 0 Å². The van der Waals surface area contributed by atoms with Gasteiger partial charge in [0.15, 0.2) is 0 Å². The van der Waals surface area contributed by atoms with Crippen LogP contribution < -0.4 is 19.7 Å². The zero-order valence-corrected chi connectivity index (χ0v) is 22.6. The highest BCUT2D eigenvalue weighted by molar-refractivity contribution is 6.32. The first-order chi connectivity index (χ1) is 19.3. The number of amides is 2. The number of hydrogen-bond donors (Lipinski definition) is 2. The Morgan fingerprint density at radius 1 is 1.07 bits per heavy atom. The van der Waals surface area contributed by atoms with E-state index in [-0.39, 0.29) is 11.3 Å². The molecule has 1 aromatic heterocycles. The number of ether oxygens (including phenoxy) is 2. The predicted octanol–water partition coefficient (Wildman–Crippen LogP) is 5.35. The van der Waals surface area contributed by atoms with Crippen LogP contribution in [-0.4, -0.2) is 48.3 Å². The van der Waals surface area contributed by atoms with E-state index in [0.717, 1.165) is 16.9 Å². The number of aliphatic hydroxyl groups excluding tert-OH is 1. The zero-order valence-electron chi connectivity index (χ0n) is 21.8. The highest BCUT2D eigenvalue weighted by Gasteiger charge is 2.29. The third-order valence-corrected chi connectivity index (χ3v) is 7.28. The van der Waals surface area contributed by atoms with Crippen LogP contribution in [-0.2, 0) is 13.0 Å². The van der Waals surface area contributed by atoms with Crippen molar-refractivity contribution in [1.29, 1.82) is 0 Å². The molecule has 0 spiro atoms. The van der Waals surface area contributed by atoms with E-state index >= 15 is 4.39 Å². The van der Waals surface area contributed by atoms with Crippen LogP contribution in [0, 0.1) is 11.6 Å². The summed E-state index contributed by atoms with van der Waals surface area (Å²) in [5, 5.41) is 17.2. The first kappa shape index (κ1) is 27.4. The first-order valence-electron chi connectivity index (χ1n) is 12.5. The van der Waals surface area contributed by atoms with Crippen molar-refractivity contribution in [2.45, 2.75) is 19.0 Å². The van der Waals surface area contributed by atoms with E-state index in [1.807, 2.05) is 24.3 Å². The fourth-order valence-electron chi connectivity index (χ4n) is 4.76. The number of methoxy groups -OCH3 is 2. The number of urea groups is 1. The van der Waals surface area contributed by atoms with Gasteiger partial charge in [0.05, 0.1) is 45.3 Å². The third kappa shape index (κ3) is 5.45. The molecular weight excluding hydrogens is 542 g/mol. The quantitative estimate of drug-likeness (QED) is 0.299. The predicted molar refractivity (Wildman–Crippen MR) is 147 cm³/mol. The lowest BCUT2D eigenvalue weighted by molar-refractivity contribution is 0.221. The molecule has 11 heteroatoms. The van der Waals surface area contributed by atoms with E-state index in [9.17, 15) is 14.3 Å². The molecule has 40 heavy (non-hydrogen) atoms. The van der Waals surface area contributed by atoms with Crippen LogP contribution in [0.15, 0.2) is 60.8 Å². The third-order valence-electron chi connectivity index (χ3n) is 6.88. The summed E-state index contributed by atoms with van der Waals surface area (Å²) in [7, 11) is 2.99. The number of hydrogen-bond acceptors (Lipinski definition) is 5. The van der Waals surface area contributed by atoms with E-state index in [0.29, 0.717) is 41.5 Å². The number of rotatable bonds is 8. The molecule has 4 aromatic rings. The monoisotopic (exact) mass is 568 g/mol. The fraction of sp³-hybridized carbons (Fsp3) is 0.241. The second-order valence-corrected chi connectivity index (χ2v) is 9.68. The summed E-state index contributed by atoms with van der Waals surface area (Å²) in [5.41, 5.74) is 3.19. The van der Waals surface area contributed by atoms with Gasteiger partial charge in [0.2, 0.25) is 0 Å². The van der Waals surface area contributed by atoms with Crippen LogP contribution in [0.3, 0.4) is 0 Å². The second-order valence-electron chi connectivity index (χ2n) is 9.33. The minimum Gasteiger partial charge on any atom is -0.497 e. The Bertz CT molecular complexity index is 1540. The highest BCUT2D eigenvalue weighted by atomic mass is 35.5. The molecule has 0 bridgehead atoms. The number of nitrogens with zero attached hydrogens (tertiary/aromatic N) is 3. The summed E-state index contributed by atoms with van der Waals surface area (Å²) in [4.78, 5) is 14.5. The molecular formula is C29H27ClF2N4O4. The molecule has 1 atom stereocenters. The van der Waals surface area contributed by atoms with E-state index in [1.165, 1.54) is 42.5 Å². The van der Waals surface area contributed by atoms with Gasteiger partial charge in [-0.05, 0) is 59.5 Å². The van der Waals surface area contributed by atoms with Crippen LogP contribution in [0.2, 0.25) is 5.15 Å². The van der Waals surface area contributed by atoms with Crippen molar-refractivity contribution in [2.24, 2.45) is 0 Å². The number of aliphatic hydroxyl groups is 1. The Labute approximate surface area is 234 Å². The second kappa shape index (κ2) is 11.5. The number of benzene rings is 3. The molecule has 1 aliphatic heterocycles. The minimum absolute atomic E-state index is 0.259. The number of nitrogens with one attached hydrogen (secondary N) is 1. The molecule has 2 amide bonds. The van der Waals surface area contributed by atoms with Crippen LogP contribution >= 0.6 is 11.6 Å². The summed E-state index contributed by atoms with van der Waals surface area (Å²) in [5.74, 6) is -0.123. The van der Waals surface area contributed by atoms with E-state index in [2.05, 4.69) is 10.4 Å². The van der Waals surface area contributed by atoms with Crippen molar-refractivity contribution < 1.29 is 28.2 Å². The first-order valence-corrected chi connectivity index (χ1v) is 12.9. The molecule has 2 N–H and O–H groups in total. The summed E-state index contributed by atoms with van der Waals surface area (Å²) in [6.45, 7) is 0.233. The Hall–Kier alpha value is -4.15. The number of aromatic nitrogens is 2. The van der Waals surface area contributed by atoms with Gasteiger partial charge in [-0.1, -0.05) is 23.7 Å². The van der Waals surface area contributed by atoms with Crippen LogP contribution in [0.5, 0.6) is 11.5 Å². The summed E-state index contributed by atoms with van der Waals surface area (Å²) in [6.07, 6.45) is 2.01. The van der Waals surface area contributed by atoms with Crippen molar-refractivity contribution >= 4 is 23.3 Å². The van der Waals surface area contributed by atoms with Crippen LogP contribution in [0.1, 0.15) is 22.7 Å². The normalized spacial score (nSPS) is 13.2. The summed E-state index contributed by atoms with van der Waals surface area (Å²) in [6, 6.07) is 13.0. The highest BCUT2D eigenvalue weighted by Crippen LogP contribution is 2.37. The molecule has 1 unspecified atom stereocenters. The lowest BCUT2D eigenvalue weighted by Gasteiger charge is -2.23. The maximum Gasteiger partial charge on any atom is 0.322 e. The van der Waals surface area contributed by atoms with Crippen molar-refractivity contribution in [2.75, 3.05) is 32.3 Å². The molecule has 0 fully saturated rings. The van der Waals surface area contributed by atoms with Crippen molar-refractivity contribution in [3.05, 3.63) is 94.3 Å². The van der Waals surface area contributed by atoms with Gasteiger partial charge in [-0.2, -0.15) is 5.10 Å². The smallest absolute Gasteiger partial charge is 0.322 e. The van der Waals surface area contributed by atoms with E-state index in [4.69, 9.17) is 21.1 Å². The number of fused-ring (bicyclic) bond motifs is 1. The lowest BCUT2D eigenvalue weighted by atomic mass is 10.0. The number of carbonyl (C=O) groups excluding carboxylic acids is 1. The molecule has 8 nitrogen and oxygen atoms in total. The molecule has 0 saturated carbocycles. The van der Waals surface area contributed by atoms with Crippen LogP contribution in [0.25, 0.3) is 11.1 Å². The summed E-state index contributed by atoms with van der Waals surface area (Å²) < 4.78 is 41.3. The molecule has 5 rings (SSSR count). The average Bonchev–Trinajstić information content (AvgIpc) is 3.53. The molecule has 0 radical (unpaired) electrons. The lowest BCUT2D eigenvalue weighted by Crippen LogP contribution is -2.42. The number of halogens is 3. The maximum atomic E-state index is 15.4. The Balaban J connectivity index is 1.35. The van der Waals surface area contributed by atoms with Gasteiger partial charge in [-0.3, -0.25) is 4.90 Å². The molecule has 208 valence electrons. The standard InChI is InChI=1S/C29H27ClF2N4O4/c1-39-21-5-3-17(4-6-21)15-36-28(30)24(14-33-36)23-11-18-7-8-35(27(18)13-25(23)32)29(38)34-26(16-37)19-9-20(31)12-22(10-19)40-2/h3-6,9-14,26,37H,7-8,15-16H2,1-2H3,(H,34,38). The molecule has 1 aliphatic rings. The van der Waals surface area contributed by atoms with Gasteiger partial charge in [0.1, 0.15) is 28.3 Å². The van der Waals surface area contributed by atoms with Gasteiger partial charge >= 0.3 is 6.03 Å². The van der Waals surface area contributed by atoms with Crippen molar-refractivity contribution in [3.8, 4) is 22.6 Å². The number of anilines is 1. The topological polar surface area (TPSA) is 88.9 Å². The van der Waals surface area contributed by atoms with Crippen molar-refractivity contribution in [1.82, 2.24) is 15.1 Å². The van der Waals surface area contributed by atoms with Gasteiger partial charge in [0, 0.05) is 23.7 Å². The molecule has 2 heterocycles. The zero-order chi connectivity index (χ0) is 28.4. The van der Waals surface area contributed by atoms with Gasteiger partial charge < -0.3 is 19.9 Å². The van der Waals surface area contributed by atoms with Gasteiger partial charge in [-0.15, -0.1) is 0 Å². The van der Waals surface area contributed by atoms with Crippen LogP contribution in [0.4, 0.5) is 19.3 Å². The summed E-state index contributed by atoms with van der Waals surface area (Å²) >= 11 is 6.61. The SMILES string of the molecule is COc1ccc(Cn2ncc(-c3cc4c(cc3F)N(C(=O)NC(CO)c3cc(F)cc(OC)c3)CC4)c2Cl)cc1. The largest absolute Gasteiger partial charge is 0.497 e. The van der Waals surface area contributed by atoms with Crippen molar-refractivity contribution in [3.63, 3.8) is 0 Å². The fourth-order valence-corrected chi connectivity index (χ4v) is 5.01. The minimum atomic E-state index is -0.888. The van der Waals surface area contributed by atoms with E-state index in [1.54, 1.807) is 17.9 Å². The van der Waals surface area contributed by atoms with E-state index < -0.39 is 30.3 Å².